The molecular weight excluding hydrogens is 221 g/mol. The lowest BCUT2D eigenvalue weighted by molar-refractivity contribution is -0.119. The van der Waals surface area contributed by atoms with Gasteiger partial charge in [-0.1, -0.05) is 0 Å². The predicted molar refractivity (Wildman–Crippen MR) is 49.6 cm³/mol. The summed E-state index contributed by atoms with van der Waals surface area (Å²) in [5.41, 5.74) is -0.169. The molecule has 0 fully saturated rings. The van der Waals surface area contributed by atoms with E-state index in [0.29, 0.717) is 12.1 Å². The molecule has 0 saturated carbocycles. The summed E-state index contributed by atoms with van der Waals surface area (Å²) in [7, 11) is 0. The van der Waals surface area contributed by atoms with E-state index in [-0.39, 0.29) is 18.7 Å². The standard InChI is InChI=1S/C10H7F3N2O/c1-14-5-10(16)15-4-6-2-8(12)9(13)3-7(6)11/h2-3H,4-5H2,(H,15,16). The highest BCUT2D eigenvalue weighted by Crippen LogP contribution is 2.13. The predicted octanol–water partition coefficient (Wildman–Crippen LogP) is 1.64. The first-order chi connectivity index (χ1) is 7.54. The second kappa shape index (κ2) is 5.16. The molecule has 3 nitrogen and oxygen atoms in total. The van der Waals surface area contributed by atoms with Gasteiger partial charge in [-0.15, -0.1) is 0 Å². The van der Waals surface area contributed by atoms with Crippen LogP contribution >= 0.6 is 0 Å². The first-order valence-corrected chi connectivity index (χ1v) is 4.28. The zero-order valence-corrected chi connectivity index (χ0v) is 8.06. The molecule has 0 radical (unpaired) electrons. The fraction of sp³-hybridized carbons (Fsp3) is 0.200. The van der Waals surface area contributed by atoms with Gasteiger partial charge in [0.2, 0.25) is 0 Å². The minimum atomic E-state index is -1.28. The van der Waals surface area contributed by atoms with Crippen LogP contribution in [0.25, 0.3) is 4.85 Å². The third-order valence-electron chi connectivity index (χ3n) is 1.79. The average molecular weight is 228 g/mol. The van der Waals surface area contributed by atoms with Gasteiger partial charge in [-0.2, -0.15) is 0 Å². The van der Waals surface area contributed by atoms with Crippen LogP contribution in [0.2, 0.25) is 0 Å². The van der Waals surface area contributed by atoms with Gasteiger partial charge in [-0.25, -0.2) is 19.7 Å². The number of hydrogen-bond acceptors (Lipinski definition) is 1. The van der Waals surface area contributed by atoms with Gasteiger partial charge in [0.25, 0.3) is 12.5 Å². The number of hydrogen-bond donors (Lipinski definition) is 1. The van der Waals surface area contributed by atoms with E-state index < -0.39 is 23.4 Å². The Morgan fingerprint density at radius 2 is 1.88 bits per heavy atom. The van der Waals surface area contributed by atoms with Crippen molar-refractivity contribution in [1.29, 1.82) is 0 Å². The Hall–Kier alpha value is -2.03. The lowest BCUT2D eigenvalue weighted by atomic mass is 10.2. The van der Waals surface area contributed by atoms with Crippen LogP contribution in [0.3, 0.4) is 0 Å². The van der Waals surface area contributed by atoms with Crippen molar-refractivity contribution in [3.05, 3.63) is 46.6 Å². The van der Waals surface area contributed by atoms with E-state index in [9.17, 15) is 18.0 Å². The fourth-order valence-electron chi connectivity index (χ4n) is 1.02. The molecule has 84 valence electrons. The van der Waals surface area contributed by atoms with Gasteiger partial charge < -0.3 is 10.2 Å². The molecule has 0 unspecified atom stereocenters. The van der Waals surface area contributed by atoms with E-state index >= 15 is 0 Å². The number of halogens is 3. The van der Waals surface area contributed by atoms with Crippen molar-refractivity contribution < 1.29 is 18.0 Å². The Morgan fingerprint density at radius 1 is 1.25 bits per heavy atom. The lowest BCUT2D eigenvalue weighted by Gasteiger charge is -2.04. The van der Waals surface area contributed by atoms with Crippen LogP contribution in [0.1, 0.15) is 5.56 Å². The van der Waals surface area contributed by atoms with Crippen LogP contribution in [0.4, 0.5) is 13.2 Å². The molecule has 1 rings (SSSR count). The SMILES string of the molecule is [C-]#[N+]CC(=O)NCc1cc(F)c(F)cc1F. The quantitative estimate of drug-likeness (QED) is 0.619. The molecular formula is C10H7F3N2O. The zero-order chi connectivity index (χ0) is 12.1. The fourth-order valence-corrected chi connectivity index (χ4v) is 1.02. The van der Waals surface area contributed by atoms with Crippen LogP contribution in [0, 0.1) is 24.0 Å². The van der Waals surface area contributed by atoms with Crippen molar-refractivity contribution in [2.45, 2.75) is 6.54 Å². The molecule has 0 spiro atoms. The summed E-state index contributed by atoms with van der Waals surface area (Å²) in [5.74, 6) is -4.01. The highest BCUT2D eigenvalue weighted by Gasteiger charge is 2.11. The maximum Gasteiger partial charge on any atom is 0.300 e. The van der Waals surface area contributed by atoms with E-state index in [4.69, 9.17) is 6.57 Å². The molecule has 1 aromatic rings. The van der Waals surface area contributed by atoms with Crippen LogP contribution in [0.5, 0.6) is 0 Å². The number of nitrogens with one attached hydrogen (secondary N) is 1. The lowest BCUT2D eigenvalue weighted by Crippen LogP contribution is -2.25. The molecule has 0 aliphatic heterocycles. The van der Waals surface area contributed by atoms with Crippen LogP contribution in [0.15, 0.2) is 12.1 Å². The van der Waals surface area contributed by atoms with Crippen molar-refractivity contribution in [3.63, 3.8) is 0 Å². The van der Waals surface area contributed by atoms with Gasteiger partial charge >= 0.3 is 0 Å². The smallest absolute Gasteiger partial charge is 0.300 e. The van der Waals surface area contributed by atoms with E-state index in [1.54, 1.807) is 0 Å². The van der Waals surface area contributed by atoms with E-state index in [1.807, 2.05) is 0 Å². The van der Waals surface area contributed by atoms with Crippen molar-refractivity contribution in [3.8, 4) is 0 Å². The van der Waals surface area contributed by atoms with Gasteiger partial charge in [0.05, 0.1) is 0 Å². The molecule has 0 aliphatic carbocycles. The molecule has 0 bridgehead atoms. The number of carbonyl (C=O) groups is 1. The van der Waals surface area contributed by atoms with Crippen LogP contribution in [-0.2, 0) is 11.3 Å². The molecule has 1 amide bonds. The molecule has 0 aromatic heterocycles. The third-order valence-corrected chi connectivity index (χ3v) is 1.79. The topological polar surface area (TPSA) is 33.5 Å². The molecule has 6 heteroatoms. The summed E-state index contributed by atoms with van der Waals surface area (Å²) >= 11 is 0. The van der Waals surface area contributed by atoms with Gasteiger partial charge in [-0.3, -0.25) is 4.79 Å². The summed E-state index contributed by atoms with van der Waals surface area (Å²) in [6.07, 6.45) is 0. The number of amides is 1. The maximum atomic E-state index is 13.0. The van der Waals surface area contributed by atoms with Crippen LogP contribution < -0.4 is 5.32 Å². The van der Waals surface area contributed by atoms with Gasteiger partial charge in [-0.05, 0) is 6.07 Å². The molecule has 0 heterocycles. The average Bonchev–Trinajstić information content (AvgIpc) is 2.22. The van der Waals surface area contributed by atoms with Gasteiger partial charge in [0.15, 0.2) is 11.6 Å². The number of carbonyl (C=O) groups excluding carboxylic acids is 1. The summed E-state index contributed by atoms with van der Waals surface area (Å²) in [6, 6.07) is 1.08. The molecule has 1 aromatic carbocycles. The summed E-state index contributed by atoms with van der Waals surface area (Å²) in [4.78, 5) is 13.7. The molecule has 0 atom stereocenters. The second-order valence-electron chi connectivity index (χ2n) is 2.95. The largest absolute Gasteiger partial charge is 0.345 e. The number of benzene rings is 1. The van der Waals surface area contributed by atoms with Gasteiger partial charge in [0.1, 0.15) is 5.82 Å². The zero-order valence-electron chi connectivity index (χ0n) is 8.06. The third kappa shape index (κ3) is 2.98. The van der Waals surface area contributed by atoms with Crippen molar-refractivity contribution in [1.82, 2.24) is 5.32 Å². The molecule has 0 saturated heterocycles. The Morgan fingerprint density at radius 3 is 2.50 bits per heavy atom. The molecule has 16 heavy (non-hydrogen) atoms. The summed E-state index contributed by atoms with van der Waals surface area (Å²) in [5, 5.41) is 2.21. The molecule has 0 aliphatic rings. The summed E-state index contributed by atoms with van der Waals surface area (Å²) < 4.78 is 38.3. The molecule has 1 N–H and O–H groups in total. The van der Waals surface area contributed by atoms with E-state index in [0.717, 1.165) is 0 Å². The number of nitrogens with zero attached hydrogens (tertiary/aromatic N) is 1. The van der Waals surface area contributed by atoms with Crippen LogP contribution in [-0.4, -0.2) is 12.5 Å². The normalized spacial score (nSPS) is 9.62. The van der Waals surface area contributed by atoms with Gasteiger partial charge in [0, 0.05) is 18.2 Å². The van der Waals surface area contributed by atoms with Crippen molar-refractivity contribution in [2.75, 3.05) is 6.54 Å². The number of rotatable bonds is 3. The Balaban J connectivity index is 2.72. The highest BCUT2D eigenvalue weighted by atomic mass is 19.2. The van der Waals surface area contributed by atoms with Crippen molar-refractivity contribution in [2.24, 2.45) is 0 Å². The monoisotopic (exact) mass is 228 g/mol. The first-order valence-electron chi connectivity index (χ1n) is 4.28. The first kappa shape index (κ1) is 12.0. The Bertz CT molecular complexity index is 454. The van der Waals surface area contributed by atoms with E-state index in [1.165, 1.54) is 0 Å². The van der Waals surface area contributed by atoms with E-state index in [2.05, 4.69) is 10.2 Å². The van der Waals surface area contributed by atoms with Crippen molar-refractivity contribution >= 4 is 5.91 Å². The minimum absolute atomic E-state index is 0.169. The Labute approximate surface area is 89.7 Å². The maximum absolute atomic E-state index is 13.0. The second-order valence-corrected chi connectivity index (χ2v) is 2.95. The Kier molecular flexibility index (Phi) is 3.89. The minimum Gasteiger partial charge on any atom is -0.345 e. The summed E-state index contributed by atoms with van der Waals surface area (Å²) in [6.45, 7) is 5.74. The highest BCUT2D eigenvalue weighted by molar-refractivity contribution is 5.79.